The van der Waals surface area contributed by atoms with E-state index in [1.165, 1.54) is 10.8 Å². The molecule has 0 radical (unpaired) electrons. The van der Waals surface area contributed by atoms with E-state index in [0.29, 0.717) is 24.1 Å². The van der Waals surface area contributed by atoms with Crippen LogP contribution in [0.5, 0.6) is 0 Å². The predicted molar refractivity (Wildman–Crippen MR) is 98.0 cm³/mol. The van der Waals surface area contributed by atoms with Crippen LogP contribution in [0.1, 0.15) is 18.1 Å². The fourth-order valence-corrected chi connectivity index (χ4v) is 3.01. The van der Waals surface area contributed by atoms with Crippen molar-refractivity contribution in [3.8, 4) is 11.8 Å². The first-order valence-corrected chi connectivity index (χ1v) is 8.57. The zero-order valence-corrected chi connectivity index (χ0v) is 15.4. The minimum absolute atomic E-state index is 0.150. The molecule has 1 aromatic heterocycles. The van der Waals surface area contributed by atoms with E-state index in [1.807, 2.05) is 19.1 Å². The van der Waals surface area contributed by atoms with Gasteiger partial charge in [-0.1, -0.05) is 59.9 Å². The van der Waals surface area contributed by atoms with E-state index in [-0.39, 0.29) is 14.4 Å². The first-order valence-electron chi connectivity index (χ1n) is 6.66. The van der Waals surface area contributed by atoms with Crippen molar-refractivity contribution >= 4 is 46.8 Å². The fraction of sp³-hybridized carbons (Fsp3) is 0.133. The average molecular weight is 403 g/mol. The van der Waals surface area contributed by atoms with E-state index < -0.39 is 11.2 Å². The van der Waals surface area contributed by atoms with Crippen LogP contribution in [0.3, 0.4) is 0 Å². The maximum Gasteiger partial charge on any atom is 0.346 e. The van der Waals surface area contributed by atoms with Gasteiger partial charge in [-0.3, -0.25) is 9.36 Å². The van der Waals surface area contributed by atoms with Crippen molar-refractivity contribution in [3.63, 3.8) is 0 Å². The van der Waals surface area contributed by atoms with Crippen molar-refractivity contribution in [2.45, 2.75) is 13.3 Å². The SMILES string of the molecule is CCc1ccccc1-n1cc(C#N)c(=O)n(SC(Cl)=C(Cl)Cl)c1=O. The smallest absolute Gasteiger partial charge is 0.267 e. The molecule has 0 N–H and O–H groups in total. The molecule has 0 atom stereocenters. The van der Waals surface area contributed by atoms with Crippen LogP contribution in [0.2, 0.25) is 0 Å². The second-order valence-electron chi connectivity index (χ2n) is 4.51. The molecular formula is C15H10Cl3N3O2S. The van der Waals surface area contributed by atoms with Crippen molar-refractivity contribution < 1.29 is 0 Å². The van der Waals surface area contributed by atoms with Crippen LogP contribution in [-0.2, 0) is 6.42 Å². The number of nitriles is 1. The molecule has 0 saturated carbocycles. The van der Waals surface area contributed by atoms with Crippen molar-refractivity contribution in [1.82, 2.24) is 8.54 Å². The highest BCUT2D eigenvalue weighted by atomic mass is 35.5. The quantitative estimate of drug-likeness (QED) is 0.780. The maximum absolute atomic E-state index is 12.7. The summed E-state index contributed by atoms with van der Waals surface area (Å²) >= 11 is 17.5. The van der Waals surface area contributed by atoms with Crippen LogP contribution in [0.25, 0.3) is 5.69 Å². The number of para-hydroxylation sites is 1. The highest BCUT2D eigenvalue weighted by Gasteiger charge is 2.16. The topological polar surface area (TPSA) is 67.8 Å². The number of aromatic nitrogens is 2. The number of nitrogens with zero attached hydrogens (tertiary/aromatic N) is 3. The largest absolute Gasteiger partial charge is 0.346 e. The molecule has 0 aliphatic heterocycles. The van der Waals surface area contributed by atoms with Crippen LogP contribution in [-0.4, -0.2) is 8.54 Å². The fourth-order valence-electron chi connectivity index (χ4n) is 2.02. The predicted octanol–water partition coefficient (Wildman–Crippen LogP) is 3.77. The number of hydrogen-bond donors (Lipinski definition) is 0. The Morgan fingerprint density at radius 3 is 2.50 bits per heavy atom. The summed E-state index contributed by atoms with van der Waals surface area (Å²) in [5.74, 6) is 0. The molecule has 1 heterocycles. The van der Waals surface area contributed by atoms with Gasteiger partial charge in [-0.05, 0) is 18.1 Å². The lowest BCUT2D eigenvalue weighted by Gasteiger charge is -2.13. The van der Waals surface area contributed by atoms with Gasteiger partial charge in [0, 0.05) is 18.1 Å². The molecule has 2 rings (SSSR count). The summed E-state index contributed by atoms with van der Waals surface area (Å²) in [6.07, 6.45) is 1.89. The maximum atomic E-state index is 12.7. The van der Waals surface area contributed by atoms with Crippen LogP contribution in [0, 0.1) is 11.3 Å². The first-order chi connectivity index (χ1) is 11.4. The second-order valence-corrected chi connectivity index (χ2v) is 7.02. The lowest BCUT2D eigenvalue weighted by Crippen LogP contribution is -2.37. The number of halogens is 3. The van der Waals surface area contributed by atoms with E-state index in [4.69, 9.17) is 34.8 Å². The Hall–Kier alpha value is -1.65. The van der Waals surface area contributed by atoms with Gasteiger partial charge in [0.1, 0.15) is 20.5 Å². The second kappa shape index (κ2) is 7.95. The number of benzene rings is 1. The Morgan fingerprint density at radius 2 is 1.92 bits per heavy atom. The van der Waals surface area contributed by atoms with Crippen molar-refractivity contribution in [2.24, 2.45) is 0 Å². The third kappa shape index (κ3) is 3.70. The van der Waals surface area contributed by atoms with E-state index in [0.717, 1.165) is 9.54 Å². The van der Waals surface area contributed by atoms with Gasteiger partial charge in [0.05, 0.1) is 5.69 Å². The molecular weight excluding hydrogens is 393 g/mol. The van der Waals surface area contributed by atoms with Crippen LogP contribution >= 0.6 is 46.8 Å². The molecule has 0 bridgehead atoms. The molecule has 0 aliphatic carbocycles. The molecule has 24 heavy (non-hydrogen) atoms. The Morgan fingerprint density at radius 1 is 1.25 bits per heavy atom. The summed E-state index contributed by atoms with van der Waals surface area (Å²) in [7, 11) is 0. The standard InChI is InChI=1S/C15H10Cl3N3O2S/c1-2-9-5-3-4-6-11(9)20-8-10(7-19)14(22)21(15(20)23)24-13(18)12(16)17/h3-6,8H,2H2,1H3. The van der Waals surface area contributed by atoms with Crippen LogP contribution in [0.15, 0.2) is 48.9 Å². The van der Waals surface area contributed by atoms with Crippen molar-refractivity contribution in [3.05, 3.63) is 71.3 Å². The minimum Gasteiger partial charge on any atom is -0.267 e. The third-order valence-corrected chi connectivity index (χ3v) is 5.19. The lowest BCUT2D eigenvalue weighted by atomic mass is 10.1. The molecule has 9 heteroatoms. The van der Waals surface area contributed by atoms with E-state index in [1.54, 1.807) is 18.2 Å². The van der Waals surface area contributed by atoms with Crippen molar-refractivity contribution in [1.29, 1.82) is 5.26 Å². The van der Waals surface area contributed by atoms with Gasteiger partial charge in [0.2, 0.25) is 0 Å². The Kier molecular flexibility index (Phi) is 6.19. The van der Waals surface area contributed by atoms with Crippen molar-refractivity contribution in [2.75, 3.05) is 0 Å². The zero-order chi connectivity index (χ0) is 17.9. The highest BCUT2D eigenvalue weighted by Crippen LogP contribution is 2.28. The average Bonchev–Trinajstić information content (AvgIpc) is 2.58. The van der Waals surface area contributed by atoms with Gasteiger partial charge in [0.15, 0.2) is 0 Å². The number of rotatable bonds is 4. The zero-order valence-electron chi connectivity index (χ0n) is 12.3. The summed E-state index contributed by atoms with van der Waals surface area (Å²) in [4.78, 5) is 25.0. The summed E-state index contributed by atoms with van der Waals surface area (Å²) in [5, 5.41) is 9.19. The monoisotopic (exact) mass is 401 g/mol. The van der Waals surface area contributed by atoms with Gasteiger partial charge in [0.25, 0.3) is 5.56 Å². The Balaban J connectivity index is 2.81. The molecule has 5 nitrogen and oxygen atoms in total. The van der Waals surface area contributed by atoms with Crippen LogP contribution < -0.4 is 11.2 Å². The number of aryl methyl sites for hydroxylation is 1. The van der Waals surface area contributed by atoms with Gasteiger partial charge in [-0.2, -0.15) is 9.23 Å². The molecule has 0 aliphatic rings. The lowest BCUT2D eigenvalue weighted by molar-refractivity contribution is 0.848. The van der Waals surface area contributed by atoms with Gasteiger partial charge < -0.3 is 0 Å². The summed E-state index contributed by atoms with van der Waals surface area (Å²) in [5.41, 5.74) is -0.199. The molecule has 0 amide bonds. The molecule has 2 aromatic rings. The molecule has 0 fully saturated rings. The van der Waals surface area contributed by atoms with Gasteiger partial charge in [-0.15, -0.1) is 0 Å². The van der Waals surface area contributed by atoms with E-state index >= 15 is 0 Å². The molecule has 0 spiro atoms. The molecule has 124 valence electrons. The van der Waals surface area contributed by atoms with Gasteiger partial charge >= 0.3 is 5.69 Å². The highest BCUT2D eigenvalue weighted by molar-refractivity contribution is 8.03. The summed E-state index contributed by atoms with van der Waals surface area (Å²) < 4.78 is 1.55. The van der Waals surface area contributed by atoms with E-state index in [2.05, 4.69) is 0 Å². The van der Waals surface area contributed by atoms with Crippen LogP contribution in [0.4, 0.5) is 0 Å². The minimum atomic E-state index is -0.787. The van der Waals surface area contributed by atoms with E-state index in [9.17, 15) is 14.9 Å². The third-order valence-electron chi connectivity index (χ3n) is 3.13. The van der Waals surface area contributed by atoms with Gasteiger partial charge in [-0.25, -0.2) is 4.79 Å². The Bertz CT molecular complexity index is 969. The summed E-state index contributed by atoms with van der Waals surface area (Å²) in [6.45, 7) is 1.94. The molecule has 0 saturated heterocycles. The molecule has 0 unspecified atom stereocenters. The summed E-state index contributed by atoms with van der Waals surface area (Å²) in [6, 6.07) is 8.98. The number of hydrogen-bond acceptors (Lipinski definition) is 4. The Labute approximate surface area is 156 Å². The normalized spacial score (nSPS) is 10.3. The molecule has 1 aromatic carbocycles. The first kappa shape index (κ1) is 18.7.